The smallest absolute Gasteiger partial charge is 0.136 e. The van der Waals surface area contributed by atoms with Gasteiger partial charge in [0.2, 0.25) is 0 Å². The van der Waals surface area contributed by atoms with Gasteiger partial charge in [0.05, 0.1) is 16.7 Å². The van der Waals surface area contributed by atoms with Gasteiger partial charge >= 0.3 is 0 Å². The minimum atomic E-state index is 0.888. The fourth-order valence-electron chi connectivity index (χ4n) is 7.59. The molecule has 0 fully saturated rings. The van der Waals surface area contributed by atoms with Crippen LogP contribution in [-0.2, 0) is 0 Å². The van der Waals surface area contributed by atoms with Crippen LogP contribution in [0.5, 0.6) is 0 Å². The van der Waals surface area contributed by atoms with Crippen LogP contribution in [0.25, 0.3) is 71.3 Å². The minimum absolute atomic E-state index is 0.888. The molecule has 0 amide bonds. The van der Waals surface area contributed by atoms with Gasteiger partial charge in [-0.3, -0.25) is 0 Å². The molecular weight excluding hydrogens is 597 g/mol. The molecule has 0 saturated carbocycles. The number of furan rings is 1. The highest BCUT2D eigenvalue weighted by atomic mass is 16.3. The standard InChI is InChI=1S/C46H30N2O/c1-2-15-33(16-3-1)47(34-25-27-35(28-26-34)48-42-22-10-6-17-36(42)37-18-7-11-23-43(37)48)41-21-9-8-19-38(41)39-20-12-24-44-46(39)40-29-31-13-4-5-14-32(31)30-45(40)49-44/h1-30H. The first kappa shape index (κ1) is 27.5. The molecular formula is C46H30N2O. The number of benzene rings is 8. The molecule has 10 aromatic rings. The molecule has 0 N–H and O–H groups in total. The van der Waals surface area contributed by atoms with Crippen LogP contribution in [0.4, 0.5) is 17.1 Å². The van der Waals surface area contributed by atoms with Gasteiger partial charge in [-0.25, -0.2) is 0 Å². The van der Waals surface area contributed by atoms with Gasteiger partial charge in [0, 0.05) is 44.2 Å². The molecule has 0 aliphatic heterocycles. The third-order valence-corrected chi connectivity index (χ3v) is 9.76. The third kappa shape index (κ3) is 4.37. The van der Waals surface area contributed by atoms with Crippen molar-refractivity contribution >= 4 is 71.6 Å². The average Bonchev–Trinajstić information content (AvgIpc) is 3.70. The number of nitrogens with zero attached hydrogens (tertiary/aromatic N) is 2. The monoisotopic (exact) mass is 626 g/mol. The first-order chi connectivity index (χ1) is 24.3. The third-order valence-electron chi connectivity index (χ3n) is 9.76. The Kier molecular flexibility index (Phi) is 6.18. The lowest BCUT2D eigenvalue weighted by atomic mass is 9.96. The number of hydrogen-bond acceptors (Lipinski definition) is 2. The normalized spacial score (nSPS) is 11.7. The van der Waals surface area contributed by atoms with Gasteiger partial charge in [-0.15, -0.1) is 0 Å². The summed E-state index contributed by atoms with van der Waals surface area (Å²) < 4.78 is 8.85. The molecule has 0 aliphatic rings. The van der Waals surface area contributed by atoms with E-state index in [2.05, 4.69) is 191 Å². The van der Waals surface area contributed by atoms with E-state index in [-0.39, 0.29) is 0 Å². The summed E-state index contributed by atoms with van der Waals surface area (Å²) in [6.07, 6.45) is 0. The molecule has 49 heavy (non-hydrogen) atoms. The van der Waals surface area contributed by atoms with Crippen molar-refractivity contribution in [3.63, 3.8) is 0 Å². The average molecular weight is 627 g/mol. The zero-order valence-electron chi connectivity index (χ0n) is 26.6. The molecule has 3 nitrogen and oxygen atoms in total. The molecule has 0 radical (unpaired) electrons. The molecule has 0 atom stereocenters. The van der Waals surface area contributed by atoms with Crippen molar-refractivity contribution in [1.29, 1.82) is 0 Å². The van der Waals surface area contributed by atoms with Crippen molar-refractivity contribution in [1.82, 2.24) is 4.57 Å². The molecule has 8 aromatic carbocycles. The predicted octanol–water partition coefficient (Wildman–Crippen LogP) is 13.0. The van der Waals surface area contributed by atoms with Crippen LogP contribution < -0.4 is 4.90 Å². The number of anilines is 3. The van der Waals surface area contributed by atoms with Crippen LogP contribution in [0.15, 0.2) is 186 Å². The van der Waals surface area contributed by atoms with Gasteiger partial charge in [0.15, 0.2) is 0 Å². The summed E-state index contributed by atoms with van der Waals surface area (Å²) in [6, 6.07) is 64.9. The van der Waals surface area contributed by atoms with E-state index in [0.717, 1.165) is 55.8 Å². The Morgan fingerprint density at radius 1 is 0.408 bits per heavy atom. The Balaban J connectivity index is 1.16. The number of fused-ring (bicyclic) bond motifs is 7. The molecule has 0 bridgehead atoms. The summed E-state index contributed by atoms with van der Waals surface area (Å²) in [4.78, 5) is 2.36. The molecule has 10 rings (SSSR count). The number of aromatic nitrogens is 1. The molecule has 230 valence electrons. The van der Waals surface area contributed by atoms with Crippen LogP contribution in [0, 0.1) is 0 Å². The molecule has 3 heteroatoms. The summed E-state index contributed by atoms with van der Waals surface area (Å²) in [7, 11) is 0. The summed E-state index contributed by atoms with van der Waals surface area (Å²) in [6.45, 7) is 0. The van der Waals surface area contributed by atoms with E-state index in [1.807, 2.05) is 0 Å². The molecule has 0 unspecified atom stereocenters. The molecule has 0 spiro atoms. The lowest BCUT2D eigenvalue weighted by Gasteiger charge is -2.28. The van der Waals surface area contributed by atoms with E-state index >= 15 is 0 Å². The van der Waals surface area contributed by atoms with Gasteiger partial charge in [0.25, 0.3) is 0 Å². The fraction of sp³-hybridized carbons (Fsp3) is 0. The van der Waals surface area contributed by atoms with Crippen molar-refractivity contribution in [2.24, 2.45) is 0 Å². The van der Waals surface area contributed by atoms with Gasteiger partial charge in [0.1, 0.15) is 11.2 Å². The molecule has 2 heterocycles. The van der Waals surface area contributed by atoms with Crippen molar-refractivity contribution in [3.05, 3.63) is 182 Å². The van der Waals surface area contributed by atoms with E-state index in [1.54, 1.807) is 0 Å². The van der Waals surface area contributed by atoms with Crippen molar-refractivity contribution < 1.29 is 4.42 Å². The van der Waals surface area contributed by atoms with Gasteiger partial charge in [-0.2, -0.15) is 0 Å². The Morgan fingerprint density at radius 2 is 1.00 bits per heavy atom. The number of hydrogen-bond donors (Lipinski definition) is 0. The van der Waals surface area contributed by atoms with Gasteiger partial charge in [-0.05, 0) is 89.1 Å². The summed E-state index contributed by atoms with van der Waals surface area (Å²) in [5, 5.41) is 7.16. The fourth-order valence-corrected chi connectivity index (χ4v) is 7.59. The quantitative estimate of drug-likeness (QED) is 0.190. The van der Waals surface area contributed by atoms with E-state index in [1.165, 1.54) is 32.6 Å². The topological polar surface area (TPSA) is 21.3 Å². The summed E-state index contributed by atoms with van der Waals surface area (Å²) >= 11 is 0. The predicted molar refractivity (Wildman–Crippen MR) is 206 cm³/mol. The second-order valence-electron chi connectivity index (χ2n) is 12.6. The molecule has 0 saturated heterocycles. The van der Waals surface area contributed by atoms with Crippen LogP contribution in [0.3, 0.4) is 0 Å². The van der Waals surface area contributed by atoms with E-state index < -0.39 is 0 Å². The largest absolute Gasteiger partial charge is 0.456 e. The first-order valence-electron chi connectivity index (χ1n) is 16.7. The van der Waals surface area contributed by atoms with Gasteiger partial charge in [-0.1, -0.05) is 109 Å². The highest BCUT2D eigenvalue weighted by Gasteiger charge is 2.21. The number of para-hydroxylation sites is 4. The lowest BCUT2D eigenvalue weighted by molar-refractivity contribution is 0.669. The van der Waals surface area contributed by atoms with E-state index in [4.69, 9.17) is 4.42 Å². The Labute approximate surface area is 283 Å². The Bertz CT molecular complexity index is 2770. The highest BCUT2D eigenvalue weighted by Crippen LogP contribution is 2.45. The van der Waals surface area contributed by atoms with Crippen molar-refractivity contribution in [3.8, 4) is 16.8 Å². The maximum atomic E-state index is 6.49. The van der Waals surface area contributed by atoms with Crippen molar-refractivity contribution in [2.45, 2.75) is 0 Å². The van der Waals surface area contributed by atoms with Crippen LogP contribution >= 0.6 is 0 Å². The summed E-state index contributed by atoms with van der Waals surface area (Å²) in [5.41, 5.74) is 10.9. The zero-order valence-corrected chi connectivity index (χ0v) is 26.6. The second kappa shape index (κ2) is 11.0. The Hall–Kier alpha value is -6.58. The minimum Gasteiger partial charge on any atom is -0.456 e. The maximum Gasteiger partial charge on any atom is 0.136 e. The van der Waals surface area contributed by atoms with Crippen LogP contribution in [0.1, 0.15) is 0 Å². The van der Waals surface area contributed by atoms with Crippen molar-refractivity contribution in [2.75, 3.05) is 4.90 Å². The SMILES string of the molecule is c1ccc(N(c2ccc(-n3c4ccccc4c4ccccc43)cc2)c2ccccc2-c2cccc3oc4cc5ccccc5cc4c23)cc1. The van der Waals surface area contributed by atoms with Crippen LogP contribution in [-0.4, -0.2) is 4.57 Å². The van der Waals surface area contributed by atoms with Crippen LogP contribution in [0.2, 0.25) is 0 Å². The maximum absolute atomic E-state index is 6.49. The lowest BCUT2D eigenvalue weighted by Crippen LogP contribution is -2.11. The molecule has 0 aliphatic carbocycles. The number of rotatable bonds is 5. The highest BCUT2D eigenvalue weighted by molar-refractivity contribution is 6.16. The van der Waals surface area contributed by atoms with E-state index in [0.29, 0.717) is 0 Å². The Morgan fingerprint density at radius 3 is 1.76 bits per heavy atom. The van der Waals surface area contributed by atoms with E-state index in [9.17, 15) is 0 Å². The second-order valence-corrected chi connectivity index (χ2v) is 12.6. The summed E-state index contributed by atoms with van der Waals surface area (Å²) in [5.74, 6) is 0. The zero-order chi connectivity index (χ0) is 32.3. The first-order valence-corrected chi connectivity index (χ1v) is 16.7. The molecule has 2 aromatic heterocycles. The van der Waals surface area contributed by atoms with Gasteiger partial charge < -0.3 is 13.9 Å².